The van der Waals surface area contributed by atoms with E-state index in [1.165, 1.54) is 0 Å². The average molecular weight is 287 g/mol. The minimum atomic E-state index is 0.515. The Morgan fingerprint density at radius 3 is 2.87 bits per heavy atom. The molecule has 5 heteroatoms. The standard InChI is InChI=1S/C10H9BrClN3/c11-8-5-7(1-2-9(8)12)6-15-4-3-14-10(15)13/h1-5H,6H2,(H2,13,14). The molecule has 0 saturated carbocycles. The summed E-state index contributed by atoms with van der Waals surface area (Å²) in [5, 5.41) is 0.706. The van der Waals surface area contributed by atoms with Gasteiger partial charge in [0, 0.05) is 16.9 Å². The number of nitrogens with zero attached hydrogens (tertiary/aromatic N) is 2. The lowest BCUT2D eigenvalue weighted by molar-refractivity contribution is 0.810. The summed E-state index contributed by atoms with van der Waals surface area (Å²) < 4.78 is 2.76. The third-order valence-electron chi connectivity index (χ3n) is 2.08. The number of halogens is 2. The molecule has 15 heavy (non-hydrogen) atoms. The van der Waals surface area contributed by atoms with Gasteiger partial charge in [0.15, 0.2) is 5.95 Å². The van der Waals surface area contributed by atoms with Crippen LogP contribution in [0.15, 0.2) is 35.1 Å². The second-order valence-corrected chi connectivity index (χ2v) is 4.42. The van der Waals surface area contributed by atoms with Crippen LogP contribution in [0.1, 0.15) is 5.56 Å². The number of nitrogen functional groups attached to an aromatic ring is 1. The highest BCUT2D eigenvalue weighted by Crippen LogP contribution is 2.23. The van der Waals surface area contributed by atoms with Crippen LogP contribution < -0.4 is 5.73 Å². The Balaban J connectivity index is 2.25. The third-order valence-corrected chi connectivity index (χ3v) is 3.30. The number of anilines is 1. The van der Waals surface area contributed by atoms with Gasteiger partial charge >= 0.3 is 0 Å². The predicted octanol–water partition coefficient (Wildman–Crippen LogP) is 2.93. The van der Waals surface area contributed by atoms with E-state index in [1.54, 1.807) is 6.20 Å². The van der Waals surface area contributed by atoms with Crippen LogP contribution in [0.4, 0.5) is 5.95 Å². The molecule has 2 aromatic rings. The van der Waals surface area contributed by atoms with Gasteiger partial charge in [-0.25, -0.2) is 4.98 Å². The highest BCUT2D eigenvalue weighted by Gasteiger charge is 2.02. The molecule has 0 fully saturated rings. The molecule has 2 rings (SSSR count). The van der Waals surface area contributed by atoms with E-state index in [1.807, 2.05) is 29.0 Å². The molecule has 0 saturated heterocycles. The maximum atomic E-state index is 5.90. The van der Waals surface area contributed by atoms with E-state index >= 15 is 0 Å². The number of hydrogen-bond acceptors (Lipinski definition) is 2. The van der Waals surface area contributed by atoms with Gasteiger partial charge in [0.05, 0.1) is 11.6 Å². The van der Waals surface area contributed by atoms with Crippen LogP contribution in [0.3, 0.4) is 0 Å². The number of benzene rings is 1. The van der Waals surface area contributed by atoms with Crippen LogP contribution in [0, 0.1) is 0 Å². The summed E-state index contributed by atoms with van der Waals surface area (Å²) in [5.41, 5.74) is 6.79. The smallest absolute Gasteiger partial charge is 0.200 e. The second kappa shape index (κ2) is 4.24. The van der Waals surface area contributed by atoms with Gasteiger partial charge in [-0.2, -0.15) is 0 Å². The minimum absolute atomic E-state index is 0.515. The molecule has 0 unspecified atom stereocenters. The van der Waals surface area contributed by atoms with E-state index < -0.39 is 0 Å². The largest absolute Gasteiger partial charge is 0.369 e. The zero-order valence-corrected chi connectivity index (χ0v) is 10.2. The molecular formula is C10H9BrClN3. The first-order valence-corrected chi connectivity index (χ1v) is 5.54. The van der Waals surface area contributed by atoms with Gasteiger partial charge in [-0.3, -0.25) is 0 Å². The molecule has 0 spiro atoms. The second-order valence-electron chi connectivity index (χ2n) is 3.16. The molecule has 0 aliphatic rings. The van der Waals surface area contributed by atoms with Crippen molar-refractivity contribution in [3.05, 3.63) is 45.7 Å². The Kier molecular flexibility index (Phi) is 2.98. The molecule has 1 aromatic carbocycles. The SMILES string of the molecule is Nc1nccn1Cc1ccc(Cl)c(Br)c1. The van der Waals surface area contributed by atoms with Gasteiger partial charge < -0.3 is 10.3 Å². The van der Waals surface area contributed by atoms with Crippen LogP contribution in [0.5, 0.6) is 0 Å². The van der Waals surface area contributed by atoms with E-state index in [0.29, 0.717) is 17.5 Å². The maximum absolute atomic E-state index is 5.90. The fraction of sp³-hybridized carbons (Fsp3) is 0.100. The van der Waals surface area contributed by atoms with Crippen molar-refractivity contribution >= 4 is 33.5 Å². The molecule has 1 aromatic heterocycles. The van der Waals surface area contributed by atoms with Gasteiger partial charge in [-0.05, 0) is 33.6 Å². The van der Waals surface area contributed by atoms with Crippen molar-refractivity contribution in [1.82, 2.24) is 9.55 Å². The van der Waals surface area contributed by atoms with Crippen LogP contribution in [0.25, 0.3) is 0 Å². The number of imidazole rings is 1. The highest BCUT2D eigenvalue weighted by atomic mass is 79.9. The average Bonchev–Trinajstić information content (AvgIpc) is 2.59. The van der Waals surface area contributed by atoms with Crippen LogP contribution >= 0.6 is 27.5 Å². The summed E-state index contributed by atoms with van der Waals surface area (Å²) in [5.74, 6) is 0.515. The molecule has 1 heterocycles. The van der Waals surface area contributed by atoms with Crippen molar-refractivity contribution < 1.29 is 0 Å². The topological polar surface area (TPSA) is 43.8 Å². The molecule has 0 aliphatic carbocycles. The Bertz CT molecular complexity index is 481. The fourth-order valence-corrected chi connectivity index (χ4v) is 1.85. The molecule has 3 nitrogen and oxygen atoms in total. The molecule has 0 aliphatic heterocycles. The monoisotopic (exact) mass is 285 g/mol. The lowest BCUT2D eigenvalue weighted by atomic mass is 10.2. The molecule has 0 amide bonds. The van der Waals surface area contributed by atoms with Gasteiger partial charge in [-0.1, -0.05) is 17.7 Å². The Morgan fingerprint density at radius 2 is 2.27 bits per heavy atom. The molecule has 0 atom stereocenters. The summed E-state index contributed by atoms with van der Waals surface area (Å²) in [6, 6.07) is 5.79. The quantitative estimate of drug-likeness (QED) is 0.922. The fourth-order valence-electron chi connectivity index (χ4n) is 1.31. The first-order valence-electron chi connectivity index (χ1n) is 4.37. The minimum Gasteiger partial charge on any atom is -0.369 e. The van der Waals surface area contributed by atoms with E-state index in [-0.39, 0.29) is 0 Å². The van der Waals surface area contributed by atoms with Crippen molar-refractivity contribution in [3.63, 3.8) is 0 Å². The van der Waals surface area contributed by atoms with Crippen LogP contribution in [-0.2, 0) is 6.54 Å². The Hall–Kier alpha value is -1.000. The van der Waals surface area contributed by atoms with E-state index in [2.05, 4.69) is 20.9 Å². The number of hydrogen-bond donors (Lipinski definition) is 1. The first kappa shape index (κ1) is 10.5. The Morgan fingerprint density at radius 1 is 1.47 bits per heavy atom. The predicted molar refractivity (Wildman–Crippen MR) is 64.9 cm³/mol. The van der Waals surface area contributed by atoms with E-state index in [0.717, 1.165) is 10.0 Å². The molecule has 0 radical (unpaired) electrons. The summed E-state index contributed by atoms with van der Waals surface area (Å²) in [4.78, 5) is 3.96. The normalized spacial score (nSPS) is 10.5. The third kappa shape index (κ3) is 2.33. The van der Waals surface area contributed by atoms with Crippen molar-refractivity contribution in [2.24, 2.45) is 0 Å². The van der Waals surface area contributed by atoms with Gasteiger partial charge in [0.1, 0.15) is 0 Å². The summed E-state index contributed by atoms with van der Waals surface area (Å²) in [6.45, 7) is 0.696. The first-order chi connectivity index (χ1) is 7.16. The van der Waals surface area contributed by atoms with Gasteiger partial charge in [-0.15, -0.1) is 0 Å². The number of nitrogens with two attached hydrogens (primary N) is 1. The summed E-state index contributed by atoms with van der Waals surface area (Å²) in [6.07, 6.45) is 3.53. The lowest BCUT2D eigenvalue weighted by Crippen LogP contribution is -2.03. The zero-order chi connectivity index (χ0) is 10.8. The van der Waals surface area contributed by atoms with Crippen molar-refractivity contribution in [2.75, 3.05) is 5.73 Å². The van der Waals surface area contributed by atoms with Crippen molar-refractivity contribution in [2.45, 2.75) is 6.54 Å². The van der Waals surface area contributed by atoms with Crippen molar-refractivity contribution in [1.29, 1.82) is 0 Å². The van der Waals surface area contributed by atoms with Crippen LogP contribution in [-0.4, -0.2) is 9.55 Å². The summed E-state index contributed by atoms with van der Waals surface area (Å²) in [7, 11) is 0. The molecule has 2 N–H and O–H groups in total. The van der Waals surface area contributed by atoms with Gasteiger partial charge in [0.2, 0.25) is 0 Å². The lowest BCUT2D eigenvalue weighted by Gasteiger charge is -2.05. The highest BCUT2D eigenvalue weighted by molar-refractivity contribution is 9.10. The molecule has 0 bridgehead atoms. The molecular weight excluding hydrogens is 277 g/mol. The van der Waals surface area contributed by atoms with E-state index in [4.69, 9.17) is 17.3 Å². The maximum Gasteiger partial charge on any atom is 0.200 e. The Labute approximate surface area is 101 Å². The van der Waals surface area contributed by atoms with Crippen LogP contribution in [0.2, 0.25) is 5.02 Å². The van der Waals surface area contributed by atoms with Gasteiger partial charge in [0.25, 0.3) is 0 Å². The number of aromatic nitrogens is 2. The molecule has 78 valence electrons. The summed E-state index contributed by atoms with van der Waals surface area (Å²) >= 11 is 9.28. The van der Waals surface area contributed by atoms with E-state index in [9.17, 15) is 0 Å². The van der Waals surface area contributed by atoms with Crippen molar-refractivity contribution in [3.8, 4) is 0 Å². The zero-order valence-electron chi connectivity index (χ0n) is 7.82. The number of rotatable bonds is 2.